The van der Waals surface area contributed by atoms with Crippen molar-refractivity contribution in [3.63, 3.8) is 0 Å². The van der Waals surface area contributed by atoms with Gasteiger partial charge in [0.05, 0.1) is 12.4 Å². The minimum Gasteiger partial charge on any atom is -0.508 e. The van der Waals surface area contributed by atoms with Gasteiger partial charge in [-0.3, -0.25) is 0 Å². The molecule has 1 aromatic heterocycles. The molecule has 1 N–H and O–H groups in total. The van der Waals surface area contributed by atoms with E-state index in [2.05, 4.69) is 9.97 Å². The summed E-state index contributed by atoms with van der Waals surface area (Å²) in [6.07, 6.45) is 3.17. The van der Waals surface area contributed by atoms with Gasteiger partial charge in [-0.2, -0.15) is 0 Å². The molecule has 5 heteroatoms. The van der Waals surface area contributed by atoms with Crippen LogP contribution in [0.3, 0.4) is 0 Å². The molecule has 4 nitrogen and oxygen atoms in total. The Morgan fingerprint density at radius 2 is 1.94 bits per heavy atom. The van der Waals surface area contributed by atoms with E-state index in [4.69, 9.17) is 0 Å². The number of benzene rings is 1. The molecule has 3 rings (SSSR count). The highest BCUT2D eigenvalue weighted by atomic mass is 19.1. The highest BCUT2D eigenvalue weighted by Crippen LogP contribution is 2.24. The average molecular weight is 245 g/mol. The Hall–Kier alpha value is -2.17. The zero-order valence-corrected chi connectivity index (χ0v) is 9.67. The third-order valence-corrected chi connectivity index (χ3v) is 3.09. The maximum Gasteiger partial charge on any atom is 0.225 e. The number of hydrogen-bond acceptors (Lipinski definition) is 4. The van der Waals surface area contributed by atoms with Crippen molar-refractivity contribution >= 4 is 5.95 Å². The summed E-state index contributed by atoms with van der Waals surface area (Å²) in [4.78, 5) is 9.96. The Labute approximate surface area is 104 Å². The molecule has 0 spiro atoms. The van der Waals surface area contributed by atoms with Gasteiger partial charge in [0.25, 0.3) is 0 Å². The molecule has 0 aliphatic carbocycles. The summed E-state index contributed by atoms with van der Waals surface area (Å²) in [6, 6.07) is 5.37. The van der Waals surface area contributed by atoms with Gasteiger partial charge in [-0.25, -0.2) is 14.4 Å². The normalized spacial score (nSPS) is 14.4. The third-order valence-electron chi connectivity index (χ3n) is 3.09. The van der Waals surface area contributed by atoms with Crippen molar-refractivity contribution < 1.29 is 9.50 Å². The summed E-state index contributed by atoms with van der Waals surface area (Å²) in [5, 5.41) is 9.42. The van der Waals surface area contributed by atoms with Gasteiger partial charge < -0.3 is 10.0 Å². The van der Waals surface area contributed by atoms with Gasteiger partial charge in [-0.05, 0) is 29.7 Å². The van der Waals surface area contributed by atoms with Crippen molar-refractivity contribution in [2.75, 3.05) is 11.4 Å². The molecule has 0 radical (unpaired) electrons. The molecule has 92 valence electrons. The van der Waals surface area contributed by atoms with Crippen LogP contribution in [0.5, 0.6) is 5.75 Å². The first kappa shape index (κ1) is 11.0. The van der Waals surface area contributed by atoms with Crippen LogP contribution in [-0.4, -0.2) is 21.6 Å². The van der Waals surface area contributed by atoms with Gasteiger partial charge >= 0.3 is 0 Å². The number of aromatic hydroxyl groups is 1. The van der Waals surface area contributed by atoms with Crippen molar-refractivity contribution in [3.8, 4) is 5.75 Å². The second kappa shape index (κ2) is 4.25. The maximum atomic E-state index is 12.8. The SMILES string of the molecule is Oc1ccc2c(c1)CCN(c1ncc(F)cn1)C2. The number of aromatic nitrogens is 2. The van der Waals surface area contributed by atoms with Crippen LogP contribution in [0.25, 0.3) is 0 Å². The summed E-state index contributed by atoms with van der Waals surface area (Å²) in [6.45, 7) is 1.45. The van der Waals surface area contributed by atoms with E-state index >= 15 is 0 Å². The molecule has 0 unspecified atom stereocenters. The second-order valence-corrected chi connectivity index (χ2v) is 4.33. The van der Waals surface area contributed by atoms with Crippen molar-refractivity contribution in [1.82, 2.24) is 9.97 Å². The number of rotatable bonds is 1. The van der Waals surface area contributed by atoms with Crippen molar-refractivity contribution in [1.29, 1.82) is 0 Å². The van der Waals surface area contributed by atoms with Gasteiger partial charge in [-0.1, -0.05) is 6.07 Å². The van der Waals surface area contributed by atoms with Crippen LogP contribution in [0.15, 0.2) is 30.6 Å². The molecule has 18 heavy (non-hydrogen) atoms. The summed E-state index contributed by atoms with van der Waals surface area (Å²) < 4.78 is 12.8. The predicted octanol–water partition coefficient (Wildman–Crippen LogP) is 1.88. The molecule has 0 atom stereocenters. The lowest BCUT2D eigenvalue weighted by Crippen LogP contribution is -2.31. The van der Waals surface area contributed by atoms with E-state index < -0.39 is 5.82 Å². The monoisotopic (exact) mass is 245 g/mol. The summed E-state index contributed by atoms with van der Waals surface area (Å²) >= 11 is 0. The topological polar surface area (TPSA) is 49.2 Å². The molecule has 2 heterocycles. The smallest absolute Gasteiger partial charge is 0.225 e. The van der Waals surface area contributed by atoms with Crippen LogP contribution in [0.4, 0.5) is 10.3 Å². The molecule has 0 saturated carbocycles. The van der Waals surface area contributed by atoms with Crippen LogP contribution in [0.2, 0.25) is 0 Å². The van der Waals surface area contributed by atoms with E-state index in [9.17, 15) is 9.50 Å². The molecule has 1 aromatic carbocycles. The lowest BCUT2D eigenvalue weighted by Gasteiger charge is -2.28. The van der Waals surface area contributed by atoms with Crippen LogP contribution in [-0.2, 0) is 13.0 Å². The first-order valence-corrected chi connectivity index (χ1v) is 5.75. The van der Waals surface area contributed by atoms with Gasteiger partial charge in [0.15, 0.2) is 5.82 Å². The quantitative estimate of drug-likeness (QED) is 0.833. The first-order valence-electron chi connectivity index (χ1n) is 5.75. The Morgan fingerprint density at radius 3 is 2.72 bits per heavy atom. The Kier molecular flexibility index (Phi) is 2.59. The van der Waals surface area contributed by atoms with Gasteiger partial charge in [0.2, 0.25) is 5.95 Å². The van der Waals surface area contributed by atoms with E-state index in [-0.39, 0.29) is 0 Å². The number of phenols is 1. The number of fused-ring (bicyclic) bond motifs is 1. The molecular weight excluding hydrogens is 233 g/mol. The fourth-order valence-corrected chi connectivity index (χ4v) is 2.18. The second-order valence-electron chi connectivity index (χ2n) is 4.33. The molecule has 1 aliphatic rings. The Balaban J connectivity index is 1.86. The Morgan fingerprint density at radius 1 is 1.17 bits per heavy atom. The van der Waals surface area contributed by atoms with E-state index in [0.717, 1.165) is 24.1 Å². The molecule has 0 bridgehead atoms. The van der Waals surface area contributed by atoms with E-state index in [0.29, 0.717) is 18.2 Å². The van der Waals surface area contributed by atoms with Gasteiger partial charge in [0.1, 0.15) is 5.75 Å². The number of nitrogens with zero attached hydrogens (tertiary/aromatic N) is 3. The van der Waals surface area contributed by atoms with E-state index in [1.807, 2.05) is 11.0 Å². The number of phenolic OH excluding ortho intramolecular Hbond substituents is 1. The molecule has 1 aliphatic heterocycles. The minimum absolute atomic E-state index is 0.292. The maximum absolute atomic E-state index is 12.8. The number of anilines is 1. The van der Waals surface area contributed by atoms with E-state index in [1.165, 1.54) is 12.4 Å². The largest absolute Gasteiger partial charge is 0.508 e. The lowest BCUT2D eigenvalue weighted by atomic mass is 10.00. The molecule has 2 aromatic rings. The highest BCUT2D eigenvalue weighted by molar-refractivity contribution is 5.42. The van der Waals surface area contributed by atoms with Gasteiger partial charge in [-0.15, -0.1) is 0 Å². The summed E-state index contributed by atoms with van der Waals surface area (Å²) in [5.74, 6) is 0.399. The molecular formula is C13H12FN3O. The van der Waals surface area contributed by atoms with Crippen molar-refractivity contribution in [2.24, 2.45) is 0 Å². The molecule has 0 amide bonds. The lowest BCUT2D eigenvalue weighted by molar-refractivity contribution is 0.473. The summed E-state index contributed by atoms with van der Waals surface area (Å²) in [7, 11) is 0. The highest BCUT2D eigenvalue weighted by Gasteiger charge is 2.18. The molecule has 0 fully saturated rings. The third kappa shape index (κ3) is 1.99. The first-order chi connectivity index (χ1) is 8.72. The van der Waals surface area contributed by atoms with Gasteiger partial charge in [0, 0.05) is 13.1 Å². The van der Waals surface area contributed by atoms with Crippen molar-refractivity contribution in [2.45, 2.75) is 13.0 Å². The fourth-order valence-electron chi connectivity index (χ4n) is 2.18. The van der Waals surface area contributed by atoms with Crippen LogP contribution < -0.4 is 4.90 Å². The summed E-state index contributed by atoms with van der Waals surface area (Å²) in [5.41, 5.74) is 2.29. The zero-order valence-electron chi connectivity index (χ0n) is 9.67. The number of hydrogen-bond donors (Lipinski definition) is 1. The standard InChI is InChI=1S/C13H12FN3O/c14-11-6-15-13(16-7-11)17-4-3-9-5-12(18)2-1-10(9)8-17/h1-2,5-7,18H,3-4,8H2. The molecule has 0 saturated heterocycles. The van der Waals surface area contributed by atoms with Crippen LogP contribution in [0, 0.1) is 5.82 Å². The Bertz CT molecular complexity index is 571. The van der Waals surface area contributed by atoms with Crippen molar-refractivity contribution in [3.05, 3.63) is 47.5 Å². The number of halogens is 1. The minimum atomic E-state index is -0.430. The average Bonchev–Trinajstić information content (AvgIpc) is 2.39. The zero-order chi connectivity index (χ0) is 12.5. The fraction of sp³-hybridized carbons (Fsp3) is 0.231. The van der Waals surface area contributed by atoms with Crippen LogP contribution >= 0.6 is 0 Å². The van der Waals surface area contributed by atoms with E-state index in [1.54, 1.807) is 12.1 Å². The van der Waals surface area contributed by atoms with Crippen LogP contribution in [0.1, 0.15) is 11.1 Å². The predicted molar refractivity (Wildman–Crippen MR) is 64.9 cm³/mol.